The van der Waals surface area contributed by atoms with Crippen LogP contribution < -0.4 is 5.32 Å². The van der Waals surface area contributed by atoms with Gasteiger partial charge in [-0.15, -0.1) is 6.58 Å². The second-order valence-electron chi connectivity index (χ2n) is 4.53. The summed E-state index contributed by atoms with van der Waals surface area (Å²) in [7, 11) is 0. The summed E-state index contributed by atoms with van der Waals surface area (Å²) in [5, 5.41) is 3.53. The molecule has 0 bridgehead atoms. The third-order valence-electron chi connectivity index (χ3n) is 2.98. The van der Waals surface area contributed by atoms with Crippen molar-refractivity contribution in [2.75, 3.05) is 13.2 Å². The molecule has 2 heteroatoms. The van der Waals surface area contributed by atoms with Gasteiger partial charge in [0.1, 0.15) is 0 Å². The van der Waals surface area contributed by atoms with Gasteiger partial charge in [-0.2, -0.15) is 0 Å². The van der Waals surface area contributed by atoms with E-state index in [2.05, 4.69) is 36.2 Å². The van der Waals surface area contributed by atoms with Crippen molar-refractivity contribution >= 4 is 0 Å². The SMILES string of the molecule is C=CCCOC(CNC1CC1)c1ccccc1. The summed E-state index contributed by atoms with van der Waals surface area (Å²) >= 11 is 0. The van der Waals surface area contributed by atoms with E-state index in [0.29, 0.717) is 0 Å². The molecule has 0 saturated heterocycles. The zero-order valence-corrected chi connectivity index (χ0v) is 10.3. The van der Waals surface area contributed by atoms with Gasteiger partial charge in [0.2, 0.25) is 0 Å². The molecular weight excluding hydrogens is 210 g/mol. The first-order valence-corrected chi connectivity index (χ1v) is 6.41. The van der Waals surface area contributed by atoms with Crippen LogP contribution in [0.4, 0.5) is 0 Å². The van der Waals surface area contributed by atoms with Crippen LogP contribution in [0.25, 0.3) is 0 Å². The van der Waals surface area contributed by atoms with Gasteiger partial charge >= 0.3 is 0 Å². The summed E-state index contributed by atoms with van der Waals surface area (Å²) in [5.41, 5.74) is 1.25. The highest BCUT2D eigenvalue weighted by atomic mass is 16.5. The minimum absolute atomic E-state index is 0.164. The summed E-state index contributed by atoms with van der Waals surface area (Å²) in [6.07, 6.45) is 5.60. The Morgan fingerprint density at radius 3 is 2.76 bits per heavy atom. The molecule has 17 heavy (non-hydrogen) atoms. The van der Waals surface area contributed by atoms with Crippen LogP contribution in [0.15, 0.2) is 43.0 Å². The molecule has 1 aromatic rings. The van der Waals surface area contributed by atoms with Gasteiger partial charge in [-0.05, 0) is 24.8 Å². The Morgan fingerprint density at radius 1 is 1.35 bits per heavy atom. The maximum absolute atomic E-state index is 5.91. The van der Waals surface area contributed by atoms with Gasteiger partial charge in [0.25, 0.3) is 0 Å². The molecular formula is C15H21NO. The molecule has 2 rings (SSSR count). The van der Waals surface area contributed by atoms with Crippen LogP contribution in [0.2, 0.25) is 0 Å². The van der Waals surface area contributed by atoms with Gasteiger partial charge in [0.15, 0.2) is 0 Å². The van der Waals surface area contributed by atoms with Gasteiger partial charge in [0.05, 0.1) is 12.7 Å². The quantitative estimate of drug-likeness (QED) is 0.548. The highest BCUT2D eigenvalue weighted by Gasteiger charge is 2.22. The lowest BCUT2D eigenvalue weighted by molar-refractivity contribution is 0.0555. The molecule has 2 nitrogen and oxygen atoms in total. The highest BCUT2D eigenvalue weighted by molar-refractivity contribution is 5.18. The molecule has 1 aliphatic carbocycles. The standard InChI is InChI=1S/C15H21NO/c1-2-3-11-17-15(12-16-14-9-10-14)13-7-5-4-6-8-13/h2,4-8,14-16H,1,3,9-12H2. The van der Waals surface area contributed by atoms with Gasteiger partial charge in [-0.1, -0.05) is 36.4 Å². The summed E-state index contributed by atoms with van der Waals surface area (Å²) in [6.45, 7) is 5.37. The molecule has 1 aromatic carbocycles. The molecule has 92 valence electrons. The second kappa shape index (κ2) is 6.58. The van der Waals surface area contributed by atoms with E-state index in [1.165, 1.54) is 18.4 Å². The molecule has 1 aliphatic rings. The van der Waals surface area contributed by atoms with E-state index in [1.807, 2.05) is 12.1 Å². The van der Waals surface area contributed by atoms with Crippen LogP contribution in [-0.2, 0) is 4.74 Å². The molecule has 0 spiro atoms. The van der Waals surface area contributed by atoms with Crippen LogP contribution >= 0.6 is 0 Å². The predicted molar refractivity (Wildman–Crippen MR) is 71.0 cm³/mol. The number of benzene rings is 1. The van der Waals surface area contributed by atoms with Gasteiger partial charge < -0.3 is 10.1 Å². The summed E-state index contributed by atoms with van der Waals surface area (Å²) < 4.78 is 5.91. The lowest BCUT2D eigenvalue weighted by Gasteiger charge is -2.18. The van der Waals surface area contributed by atoms with Crippen molar-refractivity contribution in [1.29, 1.82) is 0 Å². The number of hydrogen-bond acceptors (Lipinski definition) is 2. The maximum Gasteiger partial charge on any atom is 0.0949 e. The molecule has 1 atom stereocenters. The Kier molecular flexibility index (Phi) is 4.77. The van der Waals surface area contributed by atoms with E-state index in [4.69, 9.17) is 4.74 Å². The van der Waals surface area contributed by atoms with Crippen LogP contribution in [-0.4, -0.2) is 19.2 Å². The van der Waals surface area contributed by atoms with Crippen molar-refractivity contribution in [3.8, 4) is 0 Å². The van der Waals surface area contributed by atoms with Crippen molar-refractivity contribution in [2.45, 2.75) is 31.4 Å². The van der Waals surface area contributed by atoms with Gasteiger partial charge in [-0.25, -0.2) is 0 Å². The third kappa shape index (κ3) is 4.33. The molecule has 0 heterocycles. The van der Waals surface area contributed by atoms with E-state index < -0.39 is 0 Å². The van der Waals surface area contributed by atoms with Crippen LogP contribution in [0, 0.1) is 0 Å². The smallest absolute Gasteiger partial charge is 0.0949 e. The van der Waals surface area contributed by atoms with Crippen LogP contribution in [0.5, 0.6) is 0 Å². The lowest BCUT2D eigenvalue weighted by Crippen LogP contribution is -2.25. The van der Waals surface area contributed by atoms with Gasteiger partial charge in [0, 0.05) is 12.6 Å². The first-order chi connectivity index (χ1) is 8.40. The average molecular weight is 231 g/mol. The van der Waals surface area contributed by atoms with Crippen LogP contribution in [0.1, 0.15) is 30.9 Å². The first kappa shape index (κ1) is 12.3. The fraction of sp³-hybridized carbons (Fsp3) is 0.467. The Hall–Kier alpha value is -1.12. The van der Waals surface area contributed by atoms with Crippen LogP contribution in [0.3, 0.4) is 0 Å². The van der Waals surface area contributed by atoms with Gasteiger partial charge in [-0.3, -0.25) is 0 Å². The number of rotatable bonds is 8. The minimum Gasteiger partial charge on any atom is -0.372 e. The number of nitrogens with one attached hydrogen (secondary N) is 1. The highest BCUT2D eigenvalue weighted by Crippen LogP contribution is 2.22. The average Bonchev–Trinajstić information content (AvgIpc) is 3.19. The van der Waals surface area contributed by atoms with Crippen molar-refractivity contribution in [2.24, 2.45) is 0 Å². The Bertz CT molecular complexity index is 332. The van der Waals surface area contributed by atoms with E-state index >= 15 is 0 Å². The topological polar surface area (TPSA) is 21.3 Å². The molecule has 0 aromatic heterocycles. The lowest BCUT2D eigenvalue weighted by atomic mass is 10.1. The molecule has 1 saturated carbocycles. The fourth-order valence-electron chi connectivity index (χ4n) is 1.80. The summed E-state index contributed by atoms with van der Waals surface area (Å²) in [4.78, 5) is 0. The monoisotopic (exact) mass is 231 g/mol. The first-order valence-electron chi connectivity index (χ1n) is 6.41. The molecule has 1 unspecified atom stereocenters. The van der Waals surface area contributed by atoms with Crippen molar-refractivity contribution < 1.29 is 4.74 Å². The van der Waals surface area contributed by atoms with E-state index in [9.17, 15) is 0 Å². The Labute approximate surface area is 104 Å². The molecule has 0 radical (unpaired) electrons. The largest absolute Gasteiger partial charge is 0.372 e. The third-order valence-corrected chi connectivity index (χ3v) is 2.98. The Balaban J connectivity index is 1.87. The van der Waals surface area contributed by atoms with Crippen molar-refractivity contribution in [1.82, 2.24) is 5.32 Å². The predicted octanol–water partition coefficient (Wildman–Crippen LogP) is 3.07. The molecule has 0 aliphatic heterocycles. The van der Waals surface area contributed by atoms with Crippen molar-refractivity contribution in [3.63, 3.8) is 0 Å². The second-order valence-corrected chi connectivity index (χ2v) is 4.53. The Morgan fingerprint density at radius 2 is 2.12 bits per heavy atom. The zero-order valence-electron chi connectivity index (χ0n) is 10.3. The maximum atomic E-state index is 5.91. The number of hydrogen-bond donors (Lipinski definition) is 1. The number of ether oxygens (including phenoxy) is 1. The van der Waals surface area contributed by atoms with E-state index in [1.54, 1.807) is 0 Å². The zero-order chi connectivity index (χ0) is 11.9. The summed E-state index contributed by atoms with van der Waals surface area (Å²) in [5.74, 6) is 0. The minimum atomic E-state index is 0.164. The van der Waals surface area contributed by atoms with E-state index in [-0.39, 0.29) is 6.10 Å². The van der Waals surface area contributed by atoms with Crippen molar-refractivity contribution in [3.05, 3.63) is 48.6 Å². The molecule has 1 N–H and O–H groups in total. The summed E-state index contributed by atoms with van der Waals surface area (Å²) in [6, 6.07) is 11.2. The molecule has 0 amide bonds. The fourth-order valence-corrected chi connectivity index (χ4v) is 1.80. The normalized spacial score (nSPS) is 16.7. The van der Waals surface area contributed by atoms with E-state index in [0.717, 1.165) is 25.6 Å². The molecule has 1 fully saturated rings.